The van der Waals surface area contributed by atoms with Gasteiger partial charge >= 0.3 is 30.0 Å². The summed E-state index contributed by atoms with van der Waals surface area (Å²) in [6.07, 6.45) is 5.04. The predicted molar refractivity (Wildman–Crippen MR) is 103 cm³/mol. The Morgan fingerprint density at radius 1 is 0.679 bits per heavy atom. The number of hydrogen-bond donors (Lipinski definition) is 0. The van der Waals surface area contributed by atoms with E-state index in [4.69, 9.17) is 35.4 Å². The first-order valence-electron chi connectivity index (χ1n) is 8.98. The van der Waals surface area contributed by atoms with Gasteiger partial charge in [-0.2, -0.15) is 0 Å². The summed E-state index contributed by atoms with van der Waals surface area (Å²) in [6, 6.07) is 0. The van der Waals surface area contributed by atoms with Gasteiger partial charge in [0.05, 0.1) is 0 Å². The van der Waals surface area contributed by atoms with Crippen molar-refractivity contribution in [1.29, 1.82) is 0 Å². The normalized spacial score (nSPS) is 12.4. The molecule has 0 atom stereocenters. The van der Waals surface area contributed by atoms with Gasteiger partial charge in [0.1, 0.15) is 0 Å². The summed E-state index contributed by atoms with van der Waals surface area (Å²) < 4.78 is 41.8. The highest BCUT2D eigenvalue weighted by Crippen LogP contribution is 2.13. The molecule has 10 nitrogen and oxygen atoms in total. The first-order chi connectivity index (χ1) is 13.4. The Hall–Kier alpha value is -1.13. The van der Waals surface area contributed by atoms with Crippen LogP contribution in [0.25, 0.3) is 0 Å². The Bertz CT molecular complexity index is 436. The summed E-state index contributed by atoms with van der Waals surface area (Å²) in [7, 11) is -1.96. The van der Waals surface area contributed by atoms with Gasteiger partial charge in [0.25, 0.3) is 0 Å². The standard InChI is InChI=1S/C16H32O10Si2/c1-7-9-13-23-27(19-3,20-4)25-15(17)11-12-16(18)26-28(21-5,22-6)24-14-10-8-2/h11-12H,7-10,13-14H2,1-6H3/b12-11+. The second kappa shape index (κ2) is 14.8. The highest BCUT2D eigenvalue weighted by Gasteiger charge is 2.49. The molecule has 0 amide bonds. The maximum Gasteiger partial charge on any atom is 0.751 e. The van der Waals surface area contributed by atoms with Crippen LogP contribution in [0.5, 0.6) is 0 Å². The molecule has 0 fully saturated rings. The molecule has 0 aromatic heterocycles. The zero-order chi connectivity index (χ0) is 21.5. The first kappa shape index (κ1) is 26.9. The molecule has 0 saturated heterocycles. The summed E-state index contributed by atoms with van der Waals surface area (Å²) in [5.41, 5.74) is 0. The average molecular weight is 441 g/mol. The molecule has 12 heteroatoms. The van der Waals surface area contributed by atoms with Crippen LogP contribution in [-0.4, -0.2) is 71.7 Å². The van der Waals surface area contributed by atoms with E-state index in [1.165, 1.54) is 28.4 Å². The van der Waals surface area contributed by atoms with Crippen LogP contribution in [0.15, 0.2) is 12.2 Å². The highest BCUT2D eigenvalue weighted by molar-refractivity contribution is 6.56. The monoisotopic (exact) mass is 440 g/mol. The van der Waals surface area contributed by atoms with Crippen LogP contribution in [-0.2, 0) is 45.0 Å². The van der Waals surface area contributed by atoms with Gasteiger partial charge in [-0.25, -0.2) is 9.59 Å². The smallest absolute Gasteiger partial charge is 0.449 e. The largest absolute Gasteiger partial charge is 0.751 e. The third-order valence-corrected chi connectivity index (χ3v) is 7.38. The van der Waals surface area contributed by atoms with E-state index < -0.39 is 30.0 Å². The van der Waals surface area contributed by atoms with Crippen LogP contribution in [0.3, 0.4) is 0 Å². The lowest BCUT2D eigenvalue weighted by molar-refractivity contribution is -0.141. The average Bonchev–Trinajstić information content (AvgIpc) is 2.71. The lowest BCUT2D eigenvalue weighted by atomic mass is 10.4. The molecule has 0 N–H and O–H groups in total. The zero-order valence-corrected chi connectivity index (χ0v) is 19.5. The summed E-state index contributed by atoms with van der Waals surface area (Å²) in [6.45, 7) is 4.60. The molecule has 0 rings (SSSR count). The van der Waals surface area contributed by atoms with Crippen molar-refractivity contribution in [3.63, 3.8) is 0 Å². The Kier molecular flexibility index (Phi) is 14.2. The van der Waals surface area contributed by atoms with Crippen molar-refractivity contribution >= 4 is 30.0 Å². The minimum Gasteiger partial charge on any atom is -0.449 e. The molecule has 0 spiro atoms. The van der Waals surface area contributed by atoms with Crippen LogP contribution >= 0.6 is 0 Å². The maximum atomic E-state index is 12.0. The van der Waals surface area contributed by atoms with Crippen molar-refractivity contribution in [3.8, 4) is 0 Å². The van der Waals surface area contributed by atoms with Crippen LogP contribution in [0, 0.1) is 0 Å². The van der Waals surface area contributed by atoms with E-state index >= 15 is 0 Å². The molecular weight excluding hydrogens is 408 g/mol. The second-order valence-electron chi connectivity index (χ2n) is 5.40. The third kappa shape index (κ3) is 9.88. The quantitative estimate of drug-likeness (QED) is 0.200. The van der Waals surface area contributed by atoms with E-state index in [2.05, 4.69) is 0 Å². The molecule has 0 unspecified atom stereocenters. The minimum absolute atomic E-state index is 0.314. The minimum atomic E-state index is -3.62. The number of unbranched alkanes of at least 4 members (excludes halogenated alkanes) is 2. The topological polar surface area (TPSA) is 108 Å². The van der Waals surface area contributed by atoms with Crippen molar-refractivity contribution < 1.29 is 45.0 Å². The lowest BCUT2D eigenvalue weighted by Crippen LogP contribution is -2.49. The van der Waals surface area contributed by atoms with E-state index in [1.54, 1.807) is 0 Å². The van der Waals surface area contributed by atoms with Gasteiger partial charge in [-0.05, 0) is 12.8 Å². The molecule has 0 aromatic carbocycles. The van der Waals surface area contributed by atoms with E-state index in [0.29, 0.717) is 13.2 Å². The fraction of sp³-hybridized carbons (Fsp3) is 0.750. The number of carbonyl (C=O) groups excluding carboxylic acids is 2. The Labute approximate surface area is 169 Å². The molecule has 0 aliphatic heterocycles. The first-order valence-corrected chi connectivity index (χ1v) is 12.3. The molecule has 0 aliphatic rings. The van der Waals surface area contributed by atoms with E-state index in [-0.39, 0.29) is 0 Å². The molecule has 0 aromatic rings. The van der Waals surface area contributed by atoms with Crippen molar-refractivity contribution in [1.82, 2.24) is 0 Å². The molecule has 28 heavy (non-hydrogen) atoms. The van der Waals surface area contributed by atoms with Gasteiger partial charge in [0.2, 0.25) is 0 Å². The van der Waals surface area contributed by atoms with Crippen molar-refractivity contribution in [2.24, 2.45) is 0 Å². The van der Waals surface area contributed by atoms with E-state index in [0.717, 1.165) is 37.8 Å². The van der Waals surface area contributed by atoms with Crippen LogP contribution in [0.4, 0.5) is 0 Å². The fourth-order valence-corrected chi connectivity index (χ4v) is 4.43. The zero-order valence-electron chi connectivity index (χ0n) is 17.5. The Morgan fingerprint density at radius 2 is 1.00 bits per heavy atom. The number of rotatable bonds is 16. The molecule has 0 bridgehead atoms. The van der Waals surface area contributed by atoms with Crippen molar-refractivity contribution in [3.05, 3.63) is 12.2 Å². The van der Waals surface area contributed by atoms with Crippen LogP contribution in [0.2, 0.25) is 0 Å². The number of carbonyl (C=O) groups is 2. The Morgan fingerprint density at radius 3 is 1.25 bits per heavy atom. The predicted octanol–water partition coefficient (Wildman–Crippen LogP) is 1.72. The second-order valence-corrected chi connectivity index (χ2v) is 10.0. The summed E-state index contributed by atoms with van der Waals surface area (Å²) >= 11 is 0. The van der Waals surface area contributed by atoms with Crippen molar-refractivity contribution in [2.45, 2.75) is 39.5 Å². The lowest BCUT2D eigenvalue weighted by Gasteiger charge is -2.24. The van der Waals surface area contributed by atoms with Gasteiger partial charge in [0.15, 0.2) is 0 Å². The van der Waals surface area contributed by atoms with Crippen LogP contribution < -0.4 is 0 Å². The third-order valence-electron chi connectivity index (χ3n) is 3.36. The molecule has 0 aliphatic carbocycles. The summed E-state index contributed by atoms with van der Waals surface area (Å²) in [5.74, 6) is -1.75. The molecule has 164 valence electrons. The summed E-state index contributed by atoms with van der Waals surface area (Å²) in [5, 5.41) is 0. The highest BCUT2D eigenvalue weighted by atomic mass is 28.4. The Balaban J connectivity index is 4.85. The van der Waals surface area contributed by atoms with Gasteiger partial charge in [0, 0.05) is 53.8 Å². The van der Waals surface area contributed by atoms with Gasteiger partial charge < -0.3 is 35.4 Å². The maximum absolute atomic E-state index is 12.0. The van der Waals surface area contributed by atoms with Crippen LogP contribution in [0.1, 0.15) is 39.5 Å². The number of hydrogen-bond acceptors (Lipinski definition) is 10. The van der Waals surface area contributed by atoms with Gasteiger partial charge in [-0.1, -0.05) is 26.7 Å². The van der Waals surface area contributed by atoms with E-state index in [9.17, 15) is 9.59 Å². The molecule has 0 saturated carbocycles. The van der Waals surface area contributed by atoms with Crippen molar-refractivity contribution in [2.75, 3.05) is 41.7 Å². The summed E-state index contributed by atoms with van der Waals surface area (Å²) in [4.78, 5) is 24.0. The van der Waals surface area contributed by atoms with Gasteiger partial charge in [-0.3, -0.25) is 0 Å². The van der Waals surface area contributed by atoms with Gasteiger partial charge in [-0.15, -0.1) is 0 Å². The molecule has 0 heterocycles. The fourth-order valence-electron chi connectivity index (χ4n) is 1.76. The molecule has 0 radical (unpaired) electrons. The van der Waals surface area contributed by atoms with E-state index in [1.807, 2.05) is 13.8 Å². The SMILES string of the molecule is CCCCO[Si](OC)(OC)OC(=O)/C=C/C(=O)O[Si](OC)(OC)OCCCC. The molecular formula is C16H32O10Si2.